The summed E-state index contributed by atoms with van der Waals surface area (Å²) >= 11 is 0. The Balaban J connectivity index is 1.37. The van der Waals surface area contributed by atoms with E-state index >= 15 is 0 Å². The molecule has 6 heteroatoms. The Morgan fingerprint density at radius 2 is 2.07 bits per heavy atom. The molecule has 0 aliphatic carbocycles. The van der Waals surface area contributed by atoms with Crippen molar-refractivity contribution in [2.75, 3.05) is 52.5 Å². The van der Waals surface area contributed by atoms with Gasteiger partial charge in [0.2, 0.25) is 0 Å². The van der Waals surface area contributed by atoms with Gasteiger partial charge >= 0.3 is 0 Å². The molecule has 1 aromatic heterocycles. The van der Waals surface area contributed by atoms with Crippen LogP contribution in [0.1, 0.15) is 38.4 Å². The second-order valence-corrected chi connectivity index (χ2v) is 7.98. The lowest BCUT2D eigenvalue weighted by atomic mass is 9.99. The fourth-order valence-electron chi connectivity index (χ4n) is 3.68. The Morgan fingerprint density at radius 3 is 2.81 bits per heavy atom. The first-order chi connectivity index (χ1) is 13.3. The van der Waals surface area contributed by atoms with E-state index < -0.39 is 0 Å². The van der Waals surface area contributed by atoms with Crippen molar-refractivity contribution in [3.05, 3.63) is 24.2 Å². The van der Waals surface area contributed by atoms with Gasteiger partial charge in [0.25, 0.3) is 0 Å². The SMILES string of the molecule is CC1CCN(CCCNC(=NCC2CCOC2)NCCc2ccco2)CC1. The number of hydrogen-bond donors (Lipinski definition) is 2. The second-order valence-electron chi connectivity index (χ2n) is 7.98. The van der Waals surface area contributed by atoms with Crippen molar-refractivity contribution < 1.29 is 9.15 Å². The standard InChI is InChI=1S/C21H36N4O2/c1-18-6-12-25(13-7-18)11-3-9-22-21(24-16-19-8-15-26-17-19)23-10-5-20-4-2-14-27-20/h2,4,14,18-19H,3,5-13,15-17H2,1H3,(H2,22,23,24). The van der Waals surface area contributed by atoms with Crippen LogP contribution < -0.4 is 10.6 Å². The van der Waals surface area contributed by atoms with E-state index in [0.29, 0.717) is 5.92 Å². The number of guanidine groups is 1. The molecule has 2 saturated heterocycles. The summed E-state index contributed by atoms with van der Waals surface area (Å²) in [6.45, 7) is 10.4. The normalized spacial score (nSPS) is 22.3. The maximum absolute atomic E-state index is 5.46. The van der Waals surface area contributed by atoms with Crippen LogP contribution in [0.15, 0.2) is 27.8 Å². The van der Waals surface area contributed by atoms with Crippen molar-refractivity contribution in [1.29, 1.82) is 0 Å². The molecule has 0 bridgehead atoms. The van der Waals surface area contributed by atoms with Gasteiger partial charge in [-0.05, 0) is 63.4 Å². The Morgan fingerprint density at radius 1 is 1.22 bits per heavy atom. The molecule has 0 radical (unpaired) electrons. The molecule has 2 fully saturated rings. The third-order valence-corrected chi connectivity index (χ3v) is 5.60. The molecule has 152 valence electrons. The maximum atomic E-state index is 5.46. The first-order valence-corrected chi connectivity index (χ1v) is 10.6. The molecule has 0 spiro atoms. The van der Waals surface area contributed by atoms with E-state index in [2.05, 4.69) is 22.5 Å². The molecule has 0 saturated carbocycles. The van der Waals surface area contributed by atoms with Gasteiger partial charge in [-0.15, -0.1) is 0 Å². The lowest BCUT2D eigenvalue weighted by Gasteiger charge is -2.30. The maximum Gasteiger partial charge on any atom is 0.191 e. The zero-order valence-electron chi connectivity index (χ0n) is 16.8. The van der Waals surface area contributed by atoms with Crippen LogP contribution in [0.4, 0.5) is 0 Å². The van der Waals surface area contributed by atoms with Gasteiger partial charge in [-0.1, -0.05) is 6.92 Å². The predicted octanol–water partition coefficient (Wildman–Crippen LogP) is 2.52. The largest absolute Gasteiger partial charge is 0.469 e. The summed E-state index contributed by atoms with van der Waals surface area (Å²) in [5.41, 5.74) is 0. The third kappa shape index (κ3) is 7.54. The minimum atomic E-state index is 0.559. The topological polar surface area (TPSA) is 62.0 Å². The molecule has 2 aliphatic rings. The number of hydrogen-bond acceptors (Lipinski definition) is 4. The van der Waals surface area contributed by atoms with Crippen LogP contribution >= 0.6 is 0 Å². The highest BCUT2D eigenvalue weighted by Gasteiger charge is 2.16. The Labute approximate surface area is 163 Å². The highest BCUT2D eigenvalue weighted by atomic mass is 16.5. The molecule has 2 aliphatic heterocycles. The fourth-order valence-corrected chi connectivity index (χ4v) is 3.68. The molecular formula is C21H36N4O2. The Bertz CT molecular complexity index is 532. The van der Waals surface area contributed by atoms with Crippen LogP contribution in [-0.4, -0.2) is 63.3 Å². The van der Waals surface area contributed by atoms with E-state index in [9.17, 15) is 0 Å². The highest BCUT2D eigenvalue weighted by molar-refractivity contribution is 5.79. The van der Waals surface area contributed by atoms with E-state index in [1.165, 1.54) is 32.5 Å². The Kier molecular flexibility index (Phi) is 8.49. The summed E-state index contributed by atoms with van der Waals surface area (Å²) in [5, 5.41) is 6.96. The van der Waals surface area contributed by atoms with Crippen LogP contribution in [0.2, 0.25) is 0 Å². The molecule has 1 aromatic rings. The van der Waals surface area contributed by atoms with Crippen molar-refractivity contribution in [3.8, 4) is 0 Å². The number of nitrogens with one attached hydrogen (secondary N) is 2. The van der Waals surface area contributed by atoms with Gasteiger partial charge in [0.05, 0.1) is 12.9 Å². The van der Waals surface area contributed by atoms with Gasteiger partial charge in [-0.2, -0.15) is 0 Å². The number of aliphatic imine (C=N–C) groups is 1. The summed E-state index contributed by atoms with van der Waals surface area (Å²) in [4.78, 5) is 7.38. The van der Waals surface area contributed by atoms with Crippen molar-refractivity contribution >= 4 is 5.96 Å². The summed E-state index contributed by atoms with van der Waals surface area (Å²) in [5.74, 6) is 3.38. The molecule has 0 amide bonds. The average molecular weight is 377 g/mol. The molecule has 2 N–H and O–H groups in total. The monoisotopic (exact) mass is 376 g/mol. The quantitative estimate of drug-likeness (QED) is 0.394. The molecule has 0 aromatic carbocycles. The van der Waals surface area contributed by atoms with Crippen molar-refractivity contribution in [1.82, 2.24) is 15.5 Å². The second kappa shape index (κ2) is 11.3. The van der Waals surface area contributed by atoms with E-state index in [-0.39, 0.29) is 0 Å². The van der Waals surface area contributed by atoms with Crippen LogP contribution in [-0.2, 0) is 11.2 Å². The first kappa shape index (κ1) is 20.2. The van der Waals surface area contributed by atoms with Gasteiger partial charge in [0.1, 0.15) is 5.76 Å². The highest BCUT2D eigenvalue weighted by Crippen LogP contribution is 2.15. The number of ether oxygens (including phenoxy) is 1. The van der Waals surface area contributed by atoms with E-state index in [4.69, 9.17) is 14.1 Å². The first-order valence-electron chi connectivity index (χ1n) is 10.6. The zero-order chi connectivity index (χ0) is 18.7. The van der Waals surface area contributed by atoms with Crippen LogP contribution in [0, 0.1) is 11.8 Å². The minimum Gasteiger partial charge on any atom is -0.469 e. The van der Waals surface area contributed by atoms with Crippen molar-refractivity contribution in [3.63, 3.8) is 0 Å². The van der Waals surface area contributed by atoms with Crippen molar-refractivity contribution in [2.45, 2.75) is 39.0 Å². The van der Waals surface area contributed by atoms with Crippen molar-refractivity contribution in [2.24, 2.45) is 16.8 Å². The van der Waals surface area contributed by atoms with Gasteiger partial charge in [-0.25, -0.2) is 0 Å². The third-order valence-electron chi connectivity index (χ3n) is 5.60. The fraction of sp³-hybridized carbons (Fsp3) is 0.762. The number of nitrogens with zero attached hydrogens (tertiary/aromatic N) is 2. The number of piperidine rings is 1. The molecule has 6 nitrogen and oxygen atoms in total. The molecule has 1 atom stereocenters. The predicted molar refractivity (Wildman–Crippen MR) is 109 cm³/mol. The van der Waals surface area contributed by atoms with E-state index in [1.54, 1.807) is 6.26 Å². The van der Waals surface area contributed by atoms with Gasteiger partial charge in [0.15, 0.2) is 5.96 Å². The molecule has 27 heavy (non-hydrogen) atoms. The zero-order valence-corrected chi connectivity index (χ0v) is 16.8. The van der Waals surface area contributed by atoms with Crippen LogP contribution in [0.3, 0.4) is 0 Å². The summed E-state index contributed by atoms with van der Waals surface area (Å²) in [6, 6.07) is 3.95. The van der Waals surface area contributed by atoms with Crippen LogP contribution in [0.25, 0.3) is 0 Å². The van der Waals surface area contributed by atoms with Gasteiger partial charge < -0.3 is 24.7 Å². The summed E-state index contributed by atoms with van der Waals surface area (Å²) < 4.78 is 10.9. The minimum absolute atomic E-state index is 0.559. The van der Waals surface area contributed by atoms with E-state index in [1.807, 2.05) is 12.1 Å². The lowest BCUT2D eigenvalue weighted by Crippen LogP contribution is -2.41. The van der Waals surface area contributed by atoms with Crippen LogP contribution in [0.5, 0.6) is 0 Å². The molecule has 3 heterocycles. The van der Waals surface area contributed by atoms with Gasteiger partial charge in [-0.3, -0.25) is 4.99 Å². The Hall–Kier alpha value is -1.53. The molecule has 3 rings (SSSR count). The molecular weight excluding hydrogens is 340 g/mol. The van der Waals surface area contributed by atoms with Gasteiger partial charge in [0, 0.05) is 38.6 Å². The summed E-state index contributed by atoms with van der Waals surface area (Å²) in [6.07, 6.45) is 7.56. The number of furan rings is 1. The smallest absolute Gasteiger partial charge is 0.191 e. The molecule has 1 unspecified atom stereocenters. The average Bonchev–Trinajstić information content (AvgIpc) is 3.38. The number of rotatable bonds is 9. The van der Waals surface area contributed by atoms with E-state index in [0.717, 1.165) is 69.7 Å². The summed E-state index contributed by atoms with van der Waals surface area (Å²) in [7, 11) is 0. The number of likely N-dealkylation sites (tertiary alicyclic amines) is 1. The lowest BCUT2D eigenvalue weighted by molar-refractivity contribution is 0.187.